The summed E-state index contributed by atoms with van der Waals surface area (Å²) in [5, 5.41) is 1.04. The predicted molar refractivity (Wildman–Crippen MR) is 69.3 cm³/mol. The quantitative estimate of drug-likeness (QED) is 0.784. The van der Waals surface area contributed by atoms with Gasteiger partial charge in [-0.3, -0.25) is 4.79 Å². The van der Waals surface area contributed by atoms with Gasteiger partial charge in [-0.1, -0.05) is 18.2 Å². The summed E-state index contributed by atoms with van der Waals surface area (Å²) in [4.78, 5) is 11.9. The lowest BCUT2D eigenvalue weighted by atomic mass is 9.87. The maximum atomic E-state index is 11.9. The van der Waals surface area contributed by atoms with Crippen molar-refractivity contribution in [2.45, 2.75) is 26.2 Å². The van der Waals surface area contributed by atoms with Gasteiger partial charge in [-0.25, -0.2) is 0 Å². The first-order valence-corrected chi connectivity index (χ1v) is 6.37. The highest BCUT2D eigenvalue weighted by atomic mass is 32.1. The van der Waals surface area contributed by atoms with E-state index in [2.05, 4.69) is 4.37 Å². The first kappa shape index (κ1) is 12.0. The molecule has 4 heteroatoms. The molecule has 1 heterocycles. The molecule has 0 unspecified atom stereocenters. The van der Waals surface area contributed by atoms with Gasteiger partial charge in [0.15, 0.2) is 0 Å². The third-order valence-electron chi connectivity index (χ3n) is 2.76. The number of hydrogen-bond donors (Lipinski definition) is 0. The number of esters is 1. The van der Waals surface area contributed by atoms with Crippen LogP contribution in [0.1, 0.15) is 26.5 Å². The summed E-state index contributed by atoms with van der Waals surface area (Å²) in [6, 6.07) is 7.94. The molecule has 1 aromatic carbocycles. The van der Waals surface area contributed by atoms with Gasteiger partial charge in [0.05, 0.1) is 17.0 Å². The Morgan fingerprint density at radius 1 is 1.41 bits per heavy atom. The zero-order valence-corrected chi connectivity index (χ0v) is 11.0. The molecule has 2 aromatic rings. The van der Waals surface area contributed by atoms with E-state index in [1.807, 2.05) is 45.0 Å². The van der Waals surface area contributed by atoms with Gasteiger partial charge in [0.25, 0.3) is 0 Å². The maximum Gasteiger partial charge on any atom is 0.317 e. The summed E-state index contributed by atoms with van der Waals surface area (Å²) < 4.78 is 10.6. The lowest BCUT2D eigenvalue weighted by Crippen LogP contribution is -2.31. The van der Waals surface area contributed by atoms with Crippen LogP contribution in [-0.2, 0) is 14.9 Å². The van der Waals surface area contributed by atoms with E-state index >= 15 is 0 Å². The minimum Gasteiger partial charge on any atom is -0.465 e. The molecule has 17 heavy (non-hydrogen) atoms. The van der Waals surface area contributed by atoms with Crippen molar-refractivity contribution in [3.63, 3.8) is 0 Å². The van der Waals surface area contributed by atoms with Crippen LogP contribution >= 0.6 is 11.5 Å². The standard InChI is InChI=1S/C13H15NO2S/c1-4-16-12(15)13(2,3)11-9-7-5-6-8-10(9)17-14-11/h5-8H,4H2,1-3H3. The summed E-state index contributed by atoms with van der Waals surface area (Å²) in [5.41, 5.74) is 0.104. The van der Waals surface area contributed by atoms with Gasteiger partial charge >= 0.3 is 5.97 Å². The minimum atomic E-state index is -0.699. The Balaban J connectivity index is 2.48. The molecule has 2 rings (SSSR count). The molecule has 90 valence electrons. The Bertz CT molecular complexity index is 545. The van der Waals surface area contributed by atoms with E-state index in [4.69, 9.17) is 4.74 Å². The predicted octanol–water partition coefficient (Wildman–Crippen LogP) is 3.14. The number of benzene rings is 1. The minimum absolute atomic E-state index is 0.226. The number of carbonyl (C=O) groups is 1. The number of carbonyl (C=O) groups excluding carboxylic acids is 1. The zero-order valence-electron chi connectivity index (χ0n) is 10.2. The van der Waals surface area contributed by atoms with Gasteiger partial charge in [0.1, 0.15) is 5.41 Å². The third-order valence-corrected chi connectivity index (χ3v) is 3.58. The number of hydrogen-bond acceptors (Lipinski definition) is 4. The number of aromatic nitrogens is 1. The molecular weight excluding hydrogens is 234 g/mol. The molecule has 0 spiro atoms. The molecule has 0 fully saturated rings. The molecule has 1 aromatic heterocycles. The summed E-state index contributed by atoms with van der Waals surface area (Å²) in [6.07, 6.45) is 0. The van der Waals surface area contributed by atoms with Crippen LogP contribution in [0.15, 0.2) is 24.3 Å². The fourth-order valence-corrected chi connectivity index (χ4v) is 2.66. The third kappa shape index (κ3) is 2.05. The fraction of sp³-hybridized carbons (Fsp3) is 0.385. The van der Waals surface area contributed by atoms with Gasteiger partial charge in [0.2, 0.25) is 0 Å². The van der Waals surface area contributed by atoms with E-state index in [0.717, 1.165) is 15.8 Å². The maximum absolute atomic E-state index is 11.9. The highest BCUT2D eigenvalue weighted by Gasteiger charge is 2.35. The van der Waals surface area contributed by atoms with E-state index in [-0.39, 0.29) is 5.97 Å². The van der Waals surface area contributed by atoms with Crippen molar-refractivity contribution < 1.29 is 9.53 Å². The monoisotopic (exact) mass is 249 g/mol. The Hall–Kier alpha value is -1.42. The van der Waals surface area contributed by atoms with Crippen molar-refractivity contribution in [1.29, 1.82) is 0 Å². The molecule has 0 bridgehead atoms. The zero-order chi connectivity index (χ0) is 12.5. The van der Waals surface area contributed by atoms with Crippen LogP contribution in [0, 0.1) is 0 Å². The second-order valence-corrected chi connectivity index (χ2v) is 5.18. The summed E-state index contributed by atoms with van der Waals surface area (Å²) in [5.74, 6) is -0.226. The molecule has 0 N–H and O–H groups in total. The van der Waals surface area contributed by atoms with Crippen LogP contribution in [-0.4, -0.2) is 16.9 Å². The van der Waals surface area contributed by atoms with Crippen molar-refractivity contribution in [2.24, 2.45) is 0 Å². The number of rotatable bonds is 3. The molecule has 0 saturated carbocycles. The van der Waals surface area contributed by atoms with Gasteiger partial charge in [-0.2, -0.15) is 4.37 Å². The summed E-state index contributed by atoms with van der Waals surface area (Å²) >= 11 is 1.42. The topological polar surface area (TPSA) is 39.2 Å². The largest absolute Gasteiger partial charge is 0.465 e. The SMILES string of the molecule is CCOC(=O)C(C)(C)c1nsc2ccccc12. The Labute approximate surface area is 105 Å². The van der Waals surface area contributed by atoms with Gasteiger partial charge in [0, 0.05) is 5.39 Å². The van der Waals surface area contributed by atoms with Crippen LogP contribution < -0.4 is 0 Å². The average Bonchev–Trinajstić information content (AvgIpc) is 2.73. The number of fused-ring (bicyclic) bond motifs is 1. The normalized spacial score (nSPS) is 11.7. The first-order valence-electron chi connectivity index (χ1n) is 5.59. The molecule has 0 aliphatic carbocycles. The molecule has 0 amide bonds. The number of ether oxygens (including phenoxy) is 1. The van der Waals surface area contributed by atoms with Gasteiger partial charge < -0.3 is 4.74 Å². The lowest BCUT2D eigenvalue weighted by molar-refractivity contribution is -0.148. The second kappa shape index (κ2) is 4.45. The number of nitrogens with zero attached hydrogens (tertiary/aromatic N) is 1. The van der Waals surface area contributed by atoms with Gasteiger partial charge in [-0.15, -0.1) is 0 Å². The smallest absolute Gasteiger partial charge is 0.317 e. The Morgan fingerprint density at radius 3 is 2.82 bits per heavy atom. The Morgan fingerprint density at radius 2 is 2.12 bits per heavy atom. The van der Waals surface area contributed by atoms with Crippen LogP contribution in [0.5, 0.6) is 0 Å². The molecule has 0 aliphatic rings. The fourth-order valence-electron chi connectivity index (χ4n) is 1.74. The first-order chi connectivity index (χ1) is 8.07. The average molecular weight is 249 g/mol. The van der Waals surface area contributed by atoms with Crippen molar-refractivity contribution in [3.8, 4) is 0 Å². The van der Waals surface area contributed by atoms with E-state index in [1.165, 1.54) is 11.5 Å². The molecular formula is C13H15NO2S. The molecule has 0 radical (unpaired) electrons. The lowest BCUT2D eigenvalue weighted by Gasteiger charge is -2.20. The van der Waals surface area contributed by atoms with Crippen molar-refractivity contribution in [3.05, 3.63) is 30.0 Å². The van der Waals surface area contributed by atoms with Crippen molar-refractivity contribution in [2.75, 3.05) is 6.61 Å². The van der Waals surface area contributed by atoms with Crippen LogP contribution in [0.2, 0.25) is 0 Å². The molecule has 0 atom stereocenters. The molecule has 0 aliphatic heterocycles. The van der Waals surface area contributed by atoms with E-state index in [0.29, 0.717) is 6.61 Å². The van der Waals surface area contributed by atoms with Crippen molar-refractivity contribution in [1.82, 2.24) is 4.37 Å². The van der Waals surface area contributed by atoms with E-state index in [9.17, 15) is 4.79 Å². The van der Waals surface area contributed by atoms with Crippen LogP contribution in [0.25, 0.3) is 10.1 Å². The molecule has 0 saturated heterocycles. The molecule has 3 nitrogen and oxygen atoms in total. The highest BCUT2D eigenvalue weighted by molar-refractivity contribution is 7.13. The van der Waals surface area contributed by atoms with Crippen molar-refractivity contribution >= 4 is 27.6 Å². The van der Waals surface area contributed by atoms with Crippen LogP contribution in [0.3, 0.4) is 0 Å². The van der Waals surface area contributed by atoms with E-state index < -0.39 is 5.41 Å². The summed E-state index contributed by atoms with van der Waals surface area (Å²) in [7, 11) is 0. The summed E-state index contributed by atoms with van der Waals surface area (Å²) in [6.45, 7) is 5.91. The Kier molecular flexibility index (Phi) is 3.15. The second-order valence-electron chi connectivity index (χ2n) is 4.37. The van der Waals surface area contributed by atoms with Crippen LogP contribution in [0.4, 0.5) is 0 Å². The highest BCUT2D eigenvalue weighted by Crippen LogP contribution is 2.32. The van der Waals surface area contributed by atoms with Gasteiger partial charge in [-0.05, 0) is 38.4 Å². The van der Waals surface area contributed by atoms with E-state index in [1.54, 1.807) is 0 Å².